The lowest BCUT2D eigenvalue weighted by Crippen LogP contribution is -2.47. The summed E-state index contributed by atoms with van der Waals surface area (Å²) in [4.78, 5) is 24.5. The van der Waals surface area contributed by atoms with Gasteiger partial charge in [-0.25, -0.2) is 0 Å². The van der Waals surface area contributed by atoms with Crippen molar-refractivity contribution >= 4 is 20.3 Å². The Morgan fingerprint density at radius 1 is 0.509 bits per heavy atom. The molecule has 53 heavy (non-hydrogen) atoms. The highest BCUT2D eigenvalue weighted by molar-refractivity contribution is 6.74. The molecule has 0 heterocycles. The van der Waals surface area contributed by atoms with Gasteiger partial charge < -0.3 is 14.3 Å². The molecule has 0 aliphatic rings. The van der Waals surface area contributed by atoms with Crippen molar-refractivity contribution in [3.8, 4) is 0 Å². The molecule has 0 fully saturated rings. The van der Waals surface area contributed by atoms with Crippen molar-refractivity contribution in [3.63, 3.8) is 0 Å². The molecule has 0 saturated heterocycles. The fraction of sp³-hybridized carbons (Fsp3) is 0.957. The first-order valence-corrected chi connectivity index (χ1v) is 26.1. The minimum absolute atomic E-state index is 0.0575. The van der Waals surface area contributed by atoms with E-state index < -0.39 is 25.6 Å². The summed E-state index contributed by atoms with van der Waals surface area (Å²) in [6.45, 7) is 19.7. The summed E-state index contributed by atoms with van der Waals surface area (Å²) in [6, 6.07) is 0. The third kappa shape index (κ3) is 30.0. The third-order valence-electron chi connectivity index (χ3n) is 11.9. The number of carboxylic acid groups (broad SMARTS) is 1. The van der Waals surface area contributed by atoms with Crippen LogP contribution in [0.4, 0.5) is 0 Å². The molecule has 0 rings (SSSR count). The second-order valence-corrected chi connectivity index (χ2v) is 24.0. The highest BCUT2D eigenvalue weighted by Gasteiger charge is 2.41. The fourth-order valence-corrected chi connectivity index (χ4v) is 8.44. The van der Waals surface area contributed by atoms with E-state index in [4.69, 9.17) is 9.16 Å². The molecule has 0 aromatic rings. The van der Waals surface area contributed by atoms with Gasteiger partial charge in [0.05, 0.1) is 24.0 Å². The van der Waals surface area contributed by atoms with Crippen LogP contribution < -0.4 is 0 Å². The number of carbonyl (C=O) groups is 2. The molecule has 0 aromatic carbocycles. The first-order valence-electron chi connectivity index (χ1n) is 23.2. The predicted octanol–water partition coefficient (Wildman–Crippen LogP) is 15.8. The summed E-state index contributed by atoms with van der Waals surface area (Å²) < 4.78 is 12.2. The maximum Gasteiger partial charge on any atom is 0.311 e. The molecular formula is C47H94O5Si. The van der Waals surface area contributed by atoms with E-state index in [2.05, 4.69) is 40.8 Å². The molecule has 2 atom stereocenters. The van der Waals surface area contributed by atoms with Gasteiger partial charge in [0, 0.05) is 0 Å². The predicted molar refractivity (Wildman–Crippen MR) is 232 cm³/mol. The number of hydrogen-bond donors (Lipinski definition) is 1. The molecule has 1 N–H and O–H groups in total. The molecule has 0 spiro atoms. The van der Waals surface area contributed by atoms with Gasteiger partial charge in [-0.15, -0.1) is 0 Å². The van der Waals surface area contributed by atoms with Crippen LogP contribution in [0.2, 0.25) is 18.1 Å². The smallest absolute Gasteiger partial charge is 0.311 e. The standard InChI is InChI=1S/C47H94O5Si/c1-10-11-12-13-14-15-16-17-18-19-20-21-22-23-24-25-26-27-28-30-33-36-39-42(44(48)49)43(52-53(8,9)47(5,6)7)40-37-34-31-29-32-35-38-41-51-45(50)46(2,3)4/h42-43H,10-41H2,1-9H3,(H,48,49)/t42-,43-/m1/s1. The average molecular weight is 767 g/mol. The van der Waals surface area contributed by atoms with Crippen molar-refractivity contribution in [2.45, 2.75) is 272 Å². The van der Waals surface area contributed by atoms with E-state index in [0.717, 1.165) is 64.2 Å². The Morgan fingerprint density at radius 3 is 1.15 bits per heavy atom. The minimum Gasteiger partial charge on any atom is -0.481 e. The zero-order valence-corrected chi connectivity index (χ0v) is 38.4. The number of rotatable bonds is 37. The lowest BCUT2D eigenvalue weighted by atomic mass is 9.91. The summed E-state index contributed by atoms with van der Waals surface area (Å²) in [5.41, 5.74) is -0.434. The van der Waals surface area contributed by atoms with Crippen molar-refractivity contribution in [2.75, 3.05) is 6.61 Å². The van der Waals surface area contributed by atoms with Gasteiger partial charge >= 0.3 is 11.9 Å². The lowest BCUT2D eigenvalue weighted by molar-refractivity contribution is -0.153. The van der Waals surface area contributed by atoms with E-state index in [1.807, 2.05) is 20.8 Å². The number of carbonyl (C=O) groups excluding carboxylic acids is 1. The van der Waals surface area contributed by atoms with Crippen LogP contribution in [0.3, 0.4) is 0 Å². The molecular weight excluding hydrogens is 673 g/mol. The molecule has 0 saturated carbocycles. The van der Waals surface area contributed by atoms with E-state index >= 15 is 0 Å². The average Bonchev–Trinajstić information content (AvgIpc) is 3.07. The molecule has 0 bridgehead atoms. The Bertz CT molecular complexity index is 858. The largest absolute Gasteiger partial charge is 0.481 e. The van der Waals surface area contributed by atoms with Gasteiger partial charge in [0.15, 0.2) is 8.32 Å². The van der Waals surface area contributed by atoms with Crippen molar-refractivity contribution in [1.29, 1.82) is 0 Å². The van der Waals surface area contributed by atoms with Crippen LogP contribution in [0.1, 0.15) is 248 Å². The number of unbranched alkanes of at least 4 members (excludes halogenated alkanes) is 27. The lowest BCUT2D eigenvalue weighted by Gasteiger charge is -2.41. The van der Waals surface area contributed by atoms with Crippen LogP contribution in [-0.2, 0) is 18.8 Å². The van der Waals surface area contributed by atoms with Crippen molar-refractivity contribution in [3.05, 3.63) is 0 Å². The Balaban J connectivity index is 4.19. The highest BCUT2D eigenvalue weighted by Crippen LogP contribution is 2.39. The van der Waals surface area contributed by atoms with Gasteiger partial charge in [0.1, 0.15) is 0 Å². The van der Waals surface area contributed by atoms with Crippen molar-refractivity contribution in [1.82, 2.24) is 0 Å². The second kappa shape index (κ2) is 32.2. The van der Waals surface area contributed by atoms with Gasteiger partial charge in [-0.2, -0.15) is 0 Å². The van der Waals surface area contributed by atoms with Crippen molar-refractivity contribution in [2.24, 2.45) is 11.3 Å². The fourth-order valence-electron chi connectivity index (χ4n) is 7.05. The third-order valence-corrected chi connectivity index (χ3v) is 16.4. The van der Waals surface area contributed by atoms with E-state index in [9.17, 15) is 14.7 Å². The molecule has 0 unspecified atom stereocenters. The minimum atomic E-state index is -2.09. The summed E-state index contributed by atoms with van der Waals surface area (Å²) in [5, 5.41) is 10.4. The Hall–Kier alpha value is -0.883. The van der Waals surface area contributed by atoms with E-state index in [0.29, 0.717) is 6.61 Å². The Kier molecular flexibility index (Phi) is 31.7. The van der Waals surface area contributed by atoms with E-state index in [1.165, 1.54) is 135 Å². The van der Waals surface area contributed by atoms with Gasteiger partial charge in [-0.3, -0.25) is 9.59 Å². The van der Waals surface area contributed by atoms with Gasteiger partial charge in [-0.1, -0.05) is 207 Å². The van der Waals surface area contributed by atoms with E-state index in [1.54, 1.807) is 0 Å². The monoisotopic (exact) mass is 767 g/mol. The summed E-state index contributed by atoms with van der Waals surface area (Å²) >= 11 is 0. The van der Waals surface area contributed by atoms with Crippen LogP contribution in [0, 0.1) is 11.3 Å². The molecule has 0 aliphatic heterocycles. The quantitative estimate of drug-likeness (QED) is 0.0387. The maximum absolute atomic E-state index is 12.6. The van der Waals surface area contributed by atoms with E-state index in [-0.39, 0.29) is 17.1 Å². The highest BCUT2D eigenvalue weighted by atomic mass is 28.4. The number of hydrogen-bond acceptors (Lipinski definition) is 4. The molecule has 0 aliphatic carbocycles. The van der Waals surface area contributed by atoms with Gasteiger partial charge in [-0.05, 0) is 58.2 Å². The van der Waals surface area contributed by atoms with Crippen LogP contribution in [-0.4, -0.2) is 38.1 Å². The maximum atomic E-state index is 12.6. The van der Waals surface area contributed by atoms with Gasteiger partial charge in [0.25, 0.3) is 0 Å². The zero-order valence-electron chi connectivity index (χ0n) is 37.4. The van der Waals surface area contributed by atoms with Crippen LogP contribution >= 0.6 is 0 Å². The Labute approximate surface area is 332 Å². The van der Waals surface area contributed by atoms with Crippen LogP contribution in [0.15, 0.2) is 0 Å². The van der Waals surface area contributed by atoms with Gasteiger partial charge in [0.2, 0.25) is 0 Å². The zero-order chi connectivity index (χ0) is 39.9. The topological polar surface area (TPSA) is 72.8 Å². The number of ether oxygens (including phenoxy) is 1. The molecule has 0 radical (unpaired) electrons. The Morgan fingerprint density at radius 2 is 0.830 bits per heavy atom. The number of aliphatic carboxylic acids is 1. The molecule has 0 amide bonds. The second-order valence-electron chi connectivity index (χ2n) is 19.2. The summed E-state index contributed by atoms with van der Waals surface area (Å²) in [5.74, 6) is -1.21. The summed E-state index contributed by atoms with van der Waals surface area (Å²) in [6.07, 6.45) is 39.1. The molecule has 6 heteroatoms. The molecule has 316 valence electrons. The van der Waals surface area contributed by atoms with Crippen LogP contribution in [0.25, 0.3) is 0 Å². The first-order chi connectivity index (χ1) is 25.1. The SMILES string of the molecule is CCCCCCCCCCCCCCCCCCCCCCCC[C@@H](C(=O)O)[C@@H](CCCCCCCCCOC(=O)C(C)(C)C)O[Si](C)(C)C(C)(C)C. The normalized spacial score (nSPS) is 13.7. The molecule has 0 aromatic heterocycles. The first kappa shape index (κ1) is 52.1. The summed E-state index contributed by atoms with van der Waals surface area (Å²) in [7, 11) is -2.09. The number of carboxylic acids is 1. The van der Waals surface area contributed by atoms with Crippen LogP contribution in [0.5, 0.6) is 0 Å². The number of esters is 1. The molecule has 5 nitrogen and oxygen atoms in total. The van der Waals surface area contributed by atoms with Crippen molar-refractivity contribution < 1.29 is 23.9 Å².